The number of likely N-dealkylation sites (tertiary alicyclic amines) is 1. The summed E-state index contributed by atoms with van der Waals surface area (Å²) in [5.41, 5.74) is 0. The molecule has 1 aliphatic heterocycles. The quantitative estimate of drug-likeness (QED) is 0.662. The highest BCUT2D eigenvalue weighted by Gasteiger charge is 2.27. The number of ether oxygens (including phenoxy) is 1. The van der Waals surface area contributed by atoms with Crippen molar-refractivity contribution >= 4 is 5.91 Å². The maximum Gasteiger partial charge on any atom is 0.248 e. The van der Waals surface area contributed by atoms with Crippen molar-refractivity contribution < 1.29 is 14.6 Å². The van der Waals surface area contributed by atoms with E-state index in [1.54, 1.807) is 12.0 Å². The average Bonchev–Trinajstić information content (AvgIpc) is 2.16. The highest BCUT2D eigenvalue weighted by atomic mass is 16.5. The van der Waals surface area contributed by atoms with Crippen LogP contribution in [0.5, 0.6) is 0 Å². The number of methoxy groups -OCH3 is 1. The maximum absolute atomic E-state index is 11.2. The van der Waals surface area contributed by atoms with Crippen LogP contribution in [0.15, 0.2) is 0 Å². The first-order valence-corrected chi connectivity index (χ1v) is 4.62. The lowest BCUT2D eigenvalue weighted by molar-refractivity contribution is -0.139. The summed E-state index contributed by atoms with van der Waals surface area (Å²) >= 11 is 0. The zero-order chi connectivity index (χ0) is 9.84. The van der Waals surface area contributed by atoms with Crippen LogP contribution in [-0.2, 0) is 9.53 Å². The Labute approximate surface area is 78.5 Å². The summed E-state index contributed by atoms with van der Waals surface area (Å²) < 4.78 is 5.22. The number of rotatable bonds is 2. The molecule has 1 aliphatic rings. The first kappa shape index (κ1) is 10.5. The fourth-order valence-electron chi connectivity index (χ4n) is 1.80. The molecule has 0 saturated carbocycles. The number of hydrogen-bond acceptors (Lipinski definition) is 3. The SMILES string of the molecule is CO[C@@H]1CCN(C(=O)CO)[C@@H](C)C1. The molecule has 0 aliphatic carbocycles. The topological polar surface area (TPSA) is 49.8 Å². The lowest BCUT2D eigenvalue weighted by atomic mass is 10.0. The maximum atomic E-state index is 11.2. The van der Waals surface area contributed by atoms with E-state index in [1.165, 1.54) is 0 Å². The van der Waals surface area contributed by atoms with Gasteiger partial charge in [-0.2, -0.15) is 0 Å². The van der Waals surface area contributed by atoms with E-state index in [4.69, 9.17) is 9.84 Å². The van der Waals surface area contributed by atoms with Crippen molar-refractivity contribution in [3.63, 3.8) is 0 Å². The largest absolute Gasteiger partial charge is 0.387 e. The molecule has 0 spiro atoms. The van der Waals surface area contributed by atoms with Gasteiger partial charge in [-0.1, -0.05) is 0 Å². The van der Waals surface area contributed by atoms with E-state index in [0.717, 1.165) is 12.8 Å². The number of carbonyl (C=O) groups excluding carboxylic acids is 1. The Morgan fingerprint density at radius 1 is 1.69 bits per heavy atom. The Morgan fingerprint density at radius 3 is 2.85 bits per heavy atom. The summed E-state index contributed by atoms with van der Waals surface area (Å²) in [5.74, 6) is -0.179. The molecule has 1 heterocycles. The molecule has 1 fully saturated rings. The van der Waals surface area contributed by atoms with Gasteiger partial charge in [0.25, 0.3) is 0 Å². The number of piperidine rings is 1. The molecule has 4 nitrogen and oxygen atoms in total. The third-order valence-electron chi connectivity index (χ3n) is 2.62. The normalized spacial score (nSPS) is 29.0. The van der Waals surface area contributed by atoms with Gasteiger partial charge >= 0.3 is 0 Å². The highest BCUT2D eigenvalue weighted by Crippen LogP contribution is 2.18. The molecule has 76 valence electrons. The fourth-order valence-corrected chi connectivity index (χ4v) is 1.80. The van der Waals surface area contributed by atoms with Gasteiger partial charge in [-0.3, -0.25) is 4.79 Å². The van der Waals surface area contributed by atoms with Crippen LogP contribution in [0.4, 0.5) is 0 Å². The van der Waals surface area contributed by atoms with E-state index < -0.39 is 0 Å². The second-order valence-corrected chi connectivity index (χ2v) is 3.48. The molecule has 1 saturated heterocycles. The van der Waals surface area contributed by atoms with E-state index in [2.05, 4.69) is 0 Å². The van der Waals surface area contributed by atoms with Crippen LogP contribution in [-0.4, -0.2) is 48.3 Å². The number of hydrogen-bond donors (Lipinski definition) is 1. The van der Waals surface area contributed by atoms with Crippen LogP contribution in [0.2, 0.25) is 0 Å². The zero-order valence-corrected chi connectivity index (χ0v) is 8.19. The third-order valence-corrected chi connectivity index (χ3v) is 2.62. The van der Waals surface area contributed by atoms with Crippen molar-refractivity contribution in [2.24, 2.45) is 0 Å². The zero-order valence-electron chi connectivity index (χ0n) is 8.19. The monoisotopic (exact) mass is 187 g/mol. The van der Waals surface area contributed by atoms with Crippen molar-refractivity contribution in [1.82, 2.24) is 4.90 Å². The molecular weight excluding hydrogens is 170 g/mol. The van der Waals surface area contributed by atoms with E-state index in [0.29, 0.717) is 6.54 Å². The van der Waals surface area contributed by atoms with Crippen LogP contribution in [0, 0.1) is 0 Å². The van der Waals surface area contributed by atoms with Gasteiger partial charge in [0, 0.05) is 19.7 Å². The van der Waals surface area contributed by atoms with E-state index in [9.17, 15) is 4.79 Å². The second-order valence-electron chi connectivity index (χ2n) is 3.48. The van der Waals surface area contributed by atoms with Gasteiger partial charge in [-0.05, 0) is 19.8 Å². The molecule has 0 aromatic carbocycles. The first-order valence-electron chi connectivity index (χ1n) is 4.62. The van der Waals surface area contributed by atoms with Crippen LogP contribution in [0.25, 0.3) is 0 Å². The summed E-state index contributed by atoms with van der Waals surface area (Å²) in [6.45, 7) is 2.29. The molecule has 0 radical (unpaired) electrons. The van der Waals surface area contributed by atoms with Crippen molar-refractivity contribution in [2.75, 3.05) is 20.3 Å². The highest BCUT2D eigenvalue weighted by molar-refractivity contribution is 5.77. The molecule has 1 amide bonds. The Hall–Kier alpha value is -0.610. The van der Waals surface area contributed by atoms with Crippen LogP contribution < -0.4 is 0 Å². The molecule has 1 N–H and O–H groups in total. The predicted octanol–water partition coefficient (Wildman–Crippen LogP) is 0.00460. The van der Waals surface area contributed by atoms with E-state index in [-0.39, 0.29) is 24.7 Å². The molecule has 0 unspecified atom stereocenters. The first-order chi connectivity index (χ1) is 6.19. The number of carbonyl (C=O) groups is 1. The van der Waals surface area contributed by atoms with Crippen molar-refractivity contribution in [1.29, 1.82) is 0 Å². The summed E-state index contributed by atoms with van der Waals surface area (Å²) in [5, 5.41) is 8.71. The smallest absolute Gasteiger partial charge is 0.248 e. The van der Waals surface area contributed by atoms with Crippen molar-refractivity contribution in [3.8, 4) is 0 Å². The lowest BCUT2D eigenvalue weighted by Crippen LogP contribution is -2.47. The average molecular weight is 187 g/mol. The number of aliphatic hydroxyl groups excluding tert-OH is 1. The van der Waals surface area contributed by atoms with Gasteiger partial charge in [0.15, 0.2) is 0 Å². The number of nitrogens with zero attached hydrogens (tertiary/aromatic N) is 1. The Bertz CT molecular complexity index is 184. The Morgan fingerprint density at radius 2 is 2.38 bits per heavy atom. The molecule has 2 atom stereocenters. The van der Waals surface area contributed by atoms with E-state index in [1.807, 2.05) is 6.92 Å². The van der Waals surface area contributed by atoms with Crippen LogP contribution >= 0.6 is 0 Å². The predicted molar refractivity (Wildman–Crippen MR) is 48.3 cm³/mol. The van der Waals surface area contributed by atoms with Crippen LogP contribution in [0.1, 0.15) is 19.8 Å². The minimum atomic E-state index is -0.387. The number of amides is 1. The standard InChI is InChI=1S/C9H17NO3/c1-7-5-8(13-2)3-4-10(7)9(12)6-11/h7-8,11H,3-6H2,1-2H3/t7-,8+/m0/s1. The van der Waals surface area contributed by atoms with Gasteiger partial charge < -0.3 is 14.7 Å². The minimum Gasteiger partial charge on any atom is -0.387 e. The molecule has 1 rings (SSSR count). The van der Waals surface area contributed by atoms with E-state index >= 15 is 0 Å². The second kappa shape index (κ2) is 4.58. The summed E-state index contributed by atoms with van der Waals surface area (Å²) in [6.07, 6.45) is 1.99. The molecule has 4 heteroatoms. The van der Waals surface area contributed by atoms with Gasteiger partial charge in [0.1, 0.15) is 6.61 Å². The lowest BCUT2D eigenvalue weighted by Gasteiger charge is -2.36. The fraction of sp³-hybridized carbons (Fsp3) is 0.889. The van der Waals surface area contributed by atoms with Crippen molar-refractivity contribution in [2.45, 2.75) is 31.9 Å². The molecule has 0 aromatic rings. The summed E-state index contributed by atoms with van der Waals surface area (Å²) in [4.78, 5) is 12.9. The van der Waals surface area contributed by atoms with Gasteiger partial charge in [-0.15, -0.1) is 0 Å². The van der Waals surface area contributed by atoms with Gasteiger partial charge in [0.2, 0.25) is 5.91 Å². The van der Waals surface area contributed by atoms with Crippen LogP contribution in [0.3, 0.4) is 0 Å². The third kappa shape index (κ3) is 2.42. The molecule has 0 aromatic heterocycles. The summed E-state index contributed by atoms with van der Waals surface area (Å²) in [7, 11) is 1.70. The molecule has 0 bridgehead atoms. The van der Waals surface area contributed by atoms with Gasteiger partial charge in [0.05, 0.1) is 6.10 Å². The Kier molecular flexibility index (Phi) is 3.69. The molecular formula is C9H17NO3. The van der Waals surface area contributed by atoms with Gasteiger partial charge in [-0.25, -0.2) is 0 Å². The Balaban J connectivity index is 2.48. The number of aliphatic hydroxyl groups is 1. The van der Waals surface area contributed by atoms with Crippen molar-refractivity contribution in [3.05, 3.63) is 0 Å². The molecule has 13 heavy (non-hydrogen) atoms. The minimum absolute atomic E-state index is 0.179. The summed E-state index contributed by atoms with van der Waals surface area (Å²) in [6, 6.07) is 0.179.